The van der Waals surface area contributed by atoms with E-state index >= 15 is 0 Å². The van der Waals surface area contributed by atoms with Crippen LogP contribution in [0.5, 0.6) is 0 Å². The summed E-state index contributed by atoms with van der Waals surface area (Å²) in [6, 6.07) is 13.3. The molecule has 0 aliphatic carbocycles. The second-order valence-corrected chi connectivity index (χ2v) is 5.54. The van der Waals surface area contributed by atoms with Gasteiger partial charge < -0.3 is 5.32 Å². The van der Waals surface area contributed by atoms with E-state index in [2.05, 4.69) is 31.3 Å². The summed E-state index contributed by atoms with van der Waals surface area (Å²) in [5.41, 5.74) is 2.92. The molecule has 2 rings (SSSR count). The van der Waals surface area contributed by atoms with Gasteiger partial charge in [-0.05, 0) is 36.6 Å². The van der Waals surface area contributed by atoms with Crippen LogP contribution in [0, 0.1) is 5.82 Å². The first-order chi connectivity index (χ1) is 10.2. The van der Waals surface area contributed by atoms with Crippen molar-refractivity contribution in [3.8, 4) is 0 Å². The smallest absolute Gasteiger partial charge is 0.146 e. The second-order valence-electron chi connectivity index (χ2n) is 5.13. The minimum atomic E-state index is -0.338. The first kappa shape index (κ1) is 16.0. The maximum atomic E-state index is 14.4. The monoisotopic (exact) mass is 305 g/mol. The van der Waals surface area contributed by atoms with E-state index in [0.29, 0.717) is 5.56 Å². The number of nitrogens with one attached hydrogen (secondary N) is 1. The van der Waals surface area contributed by atoms with Crippen LogP contribution in [-0.4, -0.2) is 6.54 Å². The number of hydrogen-bond acceptors (Lipinski definition) is 1. The molecule has 1 unspecified atom stereocenters. The van der Waals surface area contributed by atoms with Gasteiger partial charge in [-0.15, -0.1) is 0 Å². The summed E-state index contributed by atoms with van der Waals surface area (Å²) >= 11 is 5.94. The maximum Gasteiger partial charge on any atom is 0.146 e. The summed E-state index contributed by atoms with van der Waals surface area (Å²) in [5, 5.41) is 3.59. The normalized spacial score (nSPS) is 12.4. The quantitative estimate of drug-likeness (QED) is 0.780. The van der Waals surface area contributed by atoms with Crippen molar-refractivity contribution in [2.24, 2.45) is 0 Å². The fraction of sp³-hybridized carbons (Fsp3) is 0.333. The zero-order valence-corrected chi connectivity index (χ0v) is 13.3. The molecule has 0 fully saturated rings. The van der Waals surface area contributed by atoms with E-state index in [0.717, 1.165) is 24.9 Å². The average molecular weight is 306 g/mol. The summed E-state index contributed by atoms with van der Waals surface area (Å²) < 4.78 is 14.4. The molecule has 0 heterocycles. The molecule has 0 saturated carbocycles. The van der Waals surface area contributed by atoms with Crippen LogP contribution in [0.2, 0.25) is 5.02 Å². The van der Waals surface area contributed by atoms with Crippen molar-refractivity contribution in [3.63, 3.8) is 0 Å². The standard InChI is InChI=1S/C18H21ClFN/c1-3-11-21-18(14-8-5-7-13(4-2)12-14)15-9-6-10-16(19)17(15)20/h5-10,12,18,21H,3-4,11H2,1-2H3. The van der Waals surface area contributed by atoms with Gasteiger partial charge in [0.05, 0.1) is 11.1 Å². The molecule has 21 heavy (non-hydrogen) atoms. The lowest BCUT2D eigenvalue weighted by Gasteiger charge is -2.21. The van der Waals surface area contributed by atoms with Crippen LogP contribution < -0.4 is 5.32 Å². The lowest BCUT2D eigenvalue weighted by molar-refractivity contribution is 0.547. The molecule has 2 aromatic carbocycles. The van der Waals surface area contributed by atoms with Crippen molar-refractivity contribution in [1.29, 1.82) is 0 Å². The van der Waals surface area contributed by atoms with Gasteiger partial charge in [-0.1, -0.05) is 61.8 Å². The Hall–Kier alpha value is -1.38. The van der Waals surface area contributed by atoms with Gasteiger partial charge in [-0.25, -0.2) is 4.39 Å². The van der Waals surface area contributed by atoms with Crippen molar-refractivity contribution in [1.82, 2.24) is 5.32 Å². The molecule has 0 bridgehead atoms. The highest BCUT2D eigenvalue weighted by molar-refractivity contribution is 6.30. The zero-order valence-electron chi connectivity index (χ0n) is 12.5. The van der Waals surface area contributed by atoms with E-state index in [4.69, 9.17) is 11.6 Å². The second kappa shape index (κ2) is 7.58. The van der Waals surface area contributed by atoms with E-state index in [1.807, 2.05) is 12.1 Å². The van der Waals surface area contributed by atoms with Crippen LogP contribution >= 0.6 is 11.6 Å². The van der Waals surface area contributed by atoms with Crippen molar-refractivity contribution in [2.75, 3.05) is 6.54 Å². The molecule has 0 aliphatic rings. The van der Waals surface area contributed by atoms with Gasteiger partial charge in [0.1, 0.15) is 5.82 Å². The molecule has 1 N–H and O–H groups in total. The van der Waals surface area contributed by atoms with E-state index in [1.165, 1.54) is 5.56 Å². The summed E-state index contributed by atoms with van der Waals surface area (Å²) in [6.45, 7) is 5.04. The Morgan fingerprint density at radius 3 is 2.62 bits per heavy atom. The van der Waals surface area contributed by atoms with Gasteiger partial charge in [0.15, 0.2) is 0 Å². The van der Waals surface area contributed by atoms with E-state index in [-0.39, 0.29) is 16.9 Å². The van der Waals surface area contributed by atoms with Crippen LogP contribution in [0.15, 0.2) is 42.5 Å². The molecular formula is C18H21ClFN. The molecule has 0 aromatic heterocycles. The minimum absolute atomic E-state index is 0.169. The van der Waals surface area contributed by atoms with Crippen molar-refractivity contribution < 1.29 is 4.39 Å². The Balaban J connectivity index is 2.44. The summed E-state index contributed by atoms with van der Waals surface area (Å²) in [6.07, 6.45) is 1.96. The topological polar surface area (TPSA) is 12.0 Å². The van der Waals surface area contributed by atoms with E-state index in [1.54, 1.807) is 18.2 Å². The fourth-order valence-corrected chi connectivity index (χ4v) is 2.61. The Labute approximate surface area is 131 Å². The molecule has 112 valence electrons. The van der Waals surface area contributed by atoms with Crippen LogP contribution in [0.25, 0.3) is 0 Å². The highest BCUT2D eigenvalue weighted by atomic mass is 35.5. The number of halogens is 2. The molecular weight excluding hydrogens is 285 g/mol. The van der Waals surface area contributed by atoms with Crippen molar-refractivity contribution in [2.45, 2.75) is 32.7 Å². The van der Waals surface area contributed by atoms with Gasteiger partial charge in [0.2, 0.25) is 0 Å². The van der Waals surface area contributed by atoms with Gasteiger partial charge >= 0.3 is 0 Å². The Morgan fingerprint density at radius 1 is 1.14 bits per heavy atom. The van der Waals surface area contributed by atoms with Crippen LogP contribution in [-0.2, 0) is 6.42 Å². The first-order valence-electron chi connectivity index (χ1n) is 7.43. The predicted molar refractivity (Wildman–Crippen MR) is 87.4 cm³/mol. The molecule has 3 heteroatoms. The van der Waals surface area contributed by atoms with Gasteiger partial charge in [0.25, 0.3) is 0 Å². The summed E-state index contributed by atoms with van der Waals surface area (Å²) in [7, 11) is 0. The van der Waals surface area contributed by atoms with Crippen LogP contribution in [0.4, 0.5) is 4.39 Å². The third-order valence-corrected chi connectivity index (χ3v) is 3.88. The largest absolute Gasteiger partial charge is 0.306 e. The zero-order chi connectivity index (χ0) is 15.2. The van der Waals surface area contributed by atoms with E-state index < -0.39 is 0 Å². The highest BCUT2D eigenvalue weighted by Gasteiger charge is 2.19. The number of hydrogen-bond donors (Lipinski definition) is 1. The fourth-order valence-electron chi connectivity index (χ4n) is 2.43. The molecule has 0 radical (unpaired) electrons. The predicted octanol–water partition coefficient (Wildman–Crippen LogP) is 5.13. The Kier molecular flexibility index (Phi) is 5.77. The average Bonchev–Trinajstić information content (AvgIpc) is 2.52. The SMILES string of the molecule is CCCNC(c1cccc(CC)c1)c1cccc(Cl)c1F. The summed E-state index contributed by atoms with van der Waals surface area (Å²) in [4.78, 5) is 0. The molecule has 2 aromatic rings. The lowest BCUT2D eigenvalue weighted by Crippen LogP contribution is -2.24. The lowest BCUT2D eigenvalue weighted by atomic mass is 9.96. The molecule has 1 nitrogen and oxygen atoms in total. The van der Waals surface area contributed by atoms with Crippen LogP contribution in [0.3, 0.4) is 0 Å². The Bertz CT molecular complexity index is 598. The molecule has 1 atom stereocenters. The van der Waals surface area contributed by atoms with Crippen molar-refractivity contribution >= 4 is 11.6 Å². The summed E-state index contributed by atoms with van der Waals surface area (Å²) in [5.74, 6) is -0.338. The highest BCUT2D eigenvalue weighted by Crippen LogP contribution is 2.28. The Morgan fingerprint density at radius 2 is 1.90 bits per heavy atom. The van der Waals surface area contributed by atoms with Gasteiger partial charge in [0, 0.05) is 5.56 Å². The number of rotatable bonds is 6. The number of aryl methyl sites for hydroxylation is 1. The van der Waals surface area contributed by atoms with Crippen LogP contribution in [0.1, 0.15) is 43.0 Å². The van der Waals surface area contributed by atoms with E-state index in [9.17, 15) is 4.39 Å². The number of benzene rings is 2. The molecule has 0 spiro atoms. The molecule has 0 aliphatic heterocycles. The van der Waals surface area contributed by atoms with Crippen molar-refractivity contribution in [3.05, 3.63) is 70.0 Å². The van der Waals surface area contributed by atoms with Gasteiger partial charge in [-0.3, -0.25) is 0 Å². The molecule has 0 saturated heterocycles. The third-order valence-electron chi connectivity index (χ3n) is 3.58. The first-order valence-corrected chi connectivity index (χ1v) is 7.81. The maximum absolute atomic E-state index is 14.4. The molecule has 0 amide bonds. The third kappa shape index (κ3) is 3.84. The van der Waals surface area contributed by atoms with Gasteiger partial charge in [-0.2, -0.15) is 0 Å². The minimum Gasteiger partial charge on any atom is -0.306 e.